The van der Waals surface area contributed by atoms with Gasteiger partial charge in [-0.05, 0) is 30.7 Å². The van der Waals surface area contributed by atoms with Crippen LogP contribution < -0.4 is 11.1 Å². The van der Waals surface area contributed by atoms with Gasteiger partial charge in [0.2, 0.25) is 5.82 Å². The lowest BCUT2D eigenvalue weighted by Crippen LogP contribution is -2.02. The lowest BCUT2D eigenvalue weighted by Gasteiger charge is -2.08. The number of hydrogen-bond donors (Lipinski definition) is 2. The van der Waals surface area contributed by atoms with Gasteiger partial charge in [-0.3, -0.25) is 10.1 Å². The second-order valence-corrected chi connectivity index (χ2v) is 4.11. The third-order valence-corrected chi connectivity index (χ3v) is 2.64. The number of nitrogens with two attached hydrogens (primary N) is 1. The summed E-state index contributed by atoms with van der Waals surface area (Å²) in [5.74, 6) is 0.235. The summed E-state index contributed by atoms with van der Waals surface area (Å²) in [6.45, 7) is 2.20. The van der Waals surface area contributed by atoms with E-state index in [1.165, 1.54) is 6.07 Å². The van der Waals surface area contributed by atoms with Crippen LogP contribution in [0, 0.1) is 17.0 Å². The summed E-state index contributed by atoms with van der Waals surface area (Å²) in [5, 5.41) is 13.9. The number of nitrogens with zero attached hydrogens (tertiary/aromatic N) is 2. The third-order valence-electron chi connectivity index (χ3n) is 2.64. The lowest BCUT2D eigenvalue weighted by molar-refractivity contribution is -0.384. The Morgan fingerprint density at radius 3 is 2.75 bits per heavy atom. The monoisotopic (exact) mass is 294 g/mol. The topological polar surface area (TPSA) is 94.1 Å². The zero-order valence-corrected chi connectivity index (χ0v) is 11.7. The maximum Gasteiger partial charge on any atom is 0.311 e. The Balaban J connectivity index is 0.00000200. The molecule has 2 rings (SSSR count). The third kappa shape index (κ3) is 3.66. The molecule has 0 saturated heterocycles. The molecule has 0 aliphatic carbocycles. The van der Waals surface area contributed by atoms with Crippen LogP contribution in [0.2, 0.25) is 0 Å². The molecule has 1 aromatic carbocycles. The van der Waals surface area contributed by atoms with Crippen LogP contribution in [0.1, 0.15) is 11.3 Å². The van der Waals surface area contributed by atoms with Crippen LogP contribution in [-0.4, -0.2) is 9.91 Å². The number of aryl methyl sites for hydroxylation is 1. The van der Waals surface area contributed by atoms with E-state index in [1.54, 1.807) is 13.0 Å². The quantitative estimate of drug-likeness (QED) is 0.668. The maximum atomic E-state index is 11.0. The maximum absolute atomic E-state index is 11.0. The van der Waals surface area contributed by atoms with Crippen molar-refractivity contribution in [1.29, 1.82) is 0 Å². The summed E-state index contributed by atoms with van der Waals surface area (Å²) in [7, 11) is 0. The van der Waals surface area contributed by atoms with E-state index in [0.717, 1.165) is 11.3 Å². The predicted molar refractivity (Wildman–Crippen MR) is 80.5 cm³/mol. The zero-order valence-electron chi connectivity index (χ0n) is 10.9. The highest BCUT2D eigenvalue weighted by Crippen LogP contribution is 2.25. The summed E-state index contributed by atoms with van der Waals surface area (Å²) < 4.78 is 0. The van der Waals surface area contributed by atoms with Crippen molar-refractivity contribution in [1.82, 2.24) is 4.98 Å². The molecule has 0 aliphatic heterocycles. The van der Waals surface area contributed by atoms with Gasteiger partial charge < -0.3 is 11.1 Å². The minimum atomic E-state index is -0.457. The van der Waals surface area contributed by atoms with Crippen molar-refractivity contribution >= 4 is 29.6 Å². The first-order chi connectivity index (χ1) is 9.10. The summed E-state index contributed by atoms with van der Waals surface area (Å²) in [6, 6.07) is 10.4. The normalized spacial score (nSPS) is 9.70. The van der Waals surface area contributed by atoms with E-state index in [9.17, 15) is 10.1 Å². The molecule has 0 unspecified atom stereocenters. The van der Waals surface area contributed by atoms with Crippen LogP contribution in [0.3, 0.4) is 0 Å². The van der Waals surface area contributed by atoms with E-state index in [2.05, 4.69) is 10.3 Å². The van der Waals surface area contributed by atoms with Gasteiger partial charge in [0.05, 0.1) is 4.92 Å². The highest BCUT2D eigenvalue weighted by atomic mass is 35.5. The minimum absolute atomic E-state index is 0. The SMILES string of the molecule is Cc1ccc([N+](=O)[O-])c(Nc2cccc(CN)c2)n1.Cl. The molecule has 0 fully saturated rings. The van der Waals surface area contributed by atoms with Crippen molar-refractivity contribution < 1.29 is 4.92 Å². The van der Waals surface area contributed by atoms with Crippen molar-refractivity contribution in [2.75, 3.05) is 5.32 Å². The standard InChI is InChI=1S/C13H14N4O2.ClH/c1-9-5-6-12(17(18)19)13(15-9)16-11-4-2-3-10(7-11)8-14;/h2-7H,8,14H2,1H3,(H,15,16);1H. The number of pyridine rings is 1. The Morgan fingerprint density at radius 2 is 2.10 bits per heavy atom. The number of aromatic nitrogens is 1. The first-order valence-corrected chi connectivity index (χ1v) is 5.78. The summed E-state index contributed by atoms with van der Waals surface area (Å²) in [5.41, 5.74) is 7.89. The number of hydrogen-bond acceptors (Lipinski definition) is 5. The van der Waals surface area contributed by atoms with Gasteiger partial charge in [-0.15, -0.1) is 12.4 Å². The highest BCUT2D eigenvalue weighted by molar-refractivity contribution is 5.85. The van der Waals surface area contributed by atoms with E-state index < -0.39 is 4.92 Å². The number of nitrogens with one attached hydrogen (secondary N) is 1. The Hall–Kier alpha value is -2.18. The van der Waals surface area contributed by atoms with Crippen molar-refractivity contribution in [2.24, 2.45) is 5.73 Å². The fourth-order valence-electron chi connectivity index (χ4n) is 1.70. The molecule has 6 nitrogen and oxygen atoms in total. The number of halogens is 1. The van der Waals surface area contributed by atoms with Gasteiger partial charge in [0, 0.05) is 24.0 Å². The molecule has 0 radical (unpaired) electrons. The van der Waals surface area contributed by atoms with Gasteiger partial charge in [0.1, 0.15) is 0 Å². The molecule has 0 saturated carbocycles. The van der Waals surface area contributed by atoms with E-state index in [-0.39, 0.29) is 23.9 Å². The average molecular weight is 295 g/mol. The second kappa shape index (κ2) is 6.83. The molecule has 0 spiro atoms. The summed E-state index contributed by atoms with van der Waals surface area (Å²) in [4.78, 5) is 14.7. The van der Waals surface area contributed by atoms with Crippen molar-refractivity contribution in [3.05, 3.63) is 57.8 Å². The smallest absolute Gasteiger partial charge is 0.311 e. The number of nitro groups is 1. The largest absolute Gasteiger partial charge is 0.334 e. The molecular formula is C13H15ClN4O2. The summed E-state index contributed by atoms with van der Waals surface area (Å²) >= 11 is 0. The molecule has 106 valence electrons. The Morgan fingerprint density at radius 1 is 1.35 bits per heavy atom. The molecule has 0 amide bonds. The van der Waals surface area contributed by atoms with E-state index in [1.807, 2.05) is 24.3 Å². The van der Waals surface area contributed by atoms with E-state index in [0.29, 0.717) is 12.2 Å². The molecule has 7 heteroatoms. The fraction of sp³-hybridized carbons (Fsp3) is 0.154. The summed E-state index contributed by atoms with van der Waals surface area (Å²) in [6.07, 6.45) is 0. The van der Waals surface area contributed by atoms with Crippen LogP contribution in [0.25, 0.3) is 0 Å². The Kier molecular flexibility index (Phi) is 5.42. The van der Waals surface area contributed by atoms with Gasteiger partial charge in [-0.25, -0.2) is 4.98 Å². The number of anilines is 2. The molecular weight excluding hydrogens is 280 g/mol. The first-order valence-electron chi connectivity index (χ1n) is 5.78. The Bertz CT molecular complexity index is 619. The van der Waals surface area contributed by atoms with Crippen molar-refractivity contribution in [2.45, 2.75) is 13.5 Å². The van der Waals surface area contributed by atoms with Crippen molar-refractivity contribution in [3.63, 3.8) is 0 Å². The first kappa shape index (κ1) is 15.9. The lowest BCUT2D eigenvalue weighted by atomic mass is 10.2. The van der Waals surface area contributed by atoms with Gasteiger partial charge in [0.25, 0.3) is 0 Å². The second-order valence-electron chi connectivity index (χ2n) is 4.11. The number of rotatable bonds is 4. The average Bonchev–Trinajstić information content (AvgIpc) is 2.38. The van der Waals surface area contributed by atoms with Crippen LogP contribution in [-0.2, 0) is 6.54 Å². The van der Waals surface area contributed by atoms with E-state index >= 15 is 0 Å². The van der Waals surface area contributed by atoms with Gasteiger partial charge in [0.15, 0.2) is 0 Å². The van der Waals surface area contributed by atoms with Crippen LogP contribution in [0.15, 0.2) is 36.4 Å². The fourth-order valence-corrected chi connectivity index (χ4v) is 1.70. The molecule has 3 N–H and O–H groups in total. The van der Waals surface area contributed by atoms with Crippen molar-refractivity contribution in [3.8, 4) is 0 Å². The molecule has 1 aromatic heterocycles. The van der Waals surface area contributed by atoms with Gasteiger partial charge in [-0.1, -0.05) is 12.1 Å². The highest BCUT2D eigenvalue weighted by Gasteiger charge is 2.15. The molecule has 0 atom stereocenters. The number of benzene rings is 1. The van der Waals surface area contributed by atoms with Crippen LogP contribution in [0.5, 0.6) is 0 Å². The molecule has 0 bridgehead atoms. The zero-order chi connectivity index (χ0) is 13.8. The molecule has 2 aromatic rings. The molecule has 0 aliphatic rings. The molecule has 1 heterocycles. The van der Waals surface area contributed by atoms with Gasteiger partial charge in [-0.2, -0.15) is 0 Å². The Labute approximate surface area is 122 Å². The molecule has 20 heavy (non-hydrogen) atoms. The van der Waals surface area contributed by atoms with E-state index in [4.69, 9.17) is 5.73 Å². The predicted octanol–water partition coefficient (Wildman–Crippen LogP) is 2.92. The van der Waals surface area contributed by atoms with Gasteiger partial charge >= 0.3 is 5.69 Å². The van der Waals surface area contributed by atoms with Crippen LogP contribution >= 0.6 is 12.4 Å². The van der Waals surface area contributed by atoms with Crippen LogP contribution in [0.4, 0.5) is 17.2 Å². The minimum Gasteiger partial charge on any atom is -0.334 e.